The first kappa shape index (κ1) is 12.6. The van der Waals surface area contributed by atoms with Crippen LogP contribution in [-0.2, 0) is 6.54 Å². The minimum absolute atomic E-state index is 0.754. The highest BCUT2D eigenvalue weighted by Crippen LogP contribution is 2.29. The zero-order chi connectivity index (χ0) is 12.3. The number of rotatable bonds is 3. The van der Waals surface area contributed by atoms with Crippen LogP contribution < -0.4 is 0 Å². The average molecular weight is 231 g/mol. The lowest BCUT2D eigenvalue weighted by molar-refractivity contribution is 0.0609. The second-order valence-corrected chi connectivity index (χ2v) is 5.81. The molecule has 0 aliphatic carbocycles. The molecule has 1 nitrogen and oxygen atoms in total. The minimum atomic E-state index is 0.754. The molecule has 1 aliphatic heterocycles. The molecule has 0 saturated carbocycles. The standard InChI is InChI=1S/C16H25N/c1-13(2)16-14(3)8-7-11-17(16)12-15-9-5-4-6-10-15/h4-6,9-10,13-14,16H,7-8,11-12H2,1-3H3/t14-,16-/m1/s1. The zero-order valence-corrected chi connectivity index (χ0v) is 11.4. The van der Waals surface area contributed by atoms with Gasteiger partial charge in [-0.3, -0.25) is 4.90 Å². The molecule has 0 bridgehead atoms. The van der Waals surface area contributed by atoms with Crippen LogP contribution in [-0.4, -0.2) is 17.5 Å². The molecule has 17 heavy (non-hydrogen) atoms. The van der Waals surface area contributed by atoms with Crippen LogP contribution in [0, 0.1) is 11.8 Å². The van der Waals surface area contributed by atoms with Crippen LogP contribution in [0.25, 0.3) is 0 Å². The van der Waals surface area contributed by atoms with Crippen LogP contribution >= 0.6 is 0 Å². The molecule has 1 saturated heterocycles. The molecule has 1 aromatic carbocycles. The highest BCUT2D eigenvalue weighted by Gasteiger charge is 2.30. The molecule has 0 unspecified atom stereocenters. The molecule has 0 radical (unpaired) electrons. The Bertz CT molecular complexity index is 331. The lowest BCUT2D eigenvalue weighted by Crippen LogP contribution is -2.46. The van der Waals surface area contributed by atoms with Crippen molar-refractivity contribution in [2.45, 2.75) is 46.2 Å². The van der Waals surface area contributed by atoms with E-state index in [4.69, 9.17) is 0 Å². The Morgan fingerprint density at radius 3 is 2.59 bits per heavy atom. The second kappa shape index (κ2) is 5.68. The highest BCUT2D eigenvalue weighted by atomic mass is 15.2. The van der Waals surface area contributed by atoms with E-state index in [9.17, 15) is 0 Å². The van der Waals surface area contributed by atoms with Crippen LogP contribution in [0.4, 0.5) is 0 Å². The first-order chi connectivity index (χ1) is 8.18. The molecule has 2 atom stereocenters. The van der Waals surface area contributed by atoms with Gasteiger partial charge in [-0.05, 0) is 36.8 Å². The summed E-state index contributed by atoms with van der Waals surface area (Å²) in [6.07, 6.45) is 2.76. The fourth-order valence-electron chi connectivity index (χ4n) is 3.38. The summed E-state index contributed by atoms with van der Waals surface area (Å²) >= 11 is 0. The maximum atomic E-state index is 2.69. The van der Waals surface area contributed by atoms with Gasteiger partial charge in [0.05, 0.1) is 0 Å². The zero-order valence-electron chi connectivity index (χ0n) is 11.4. The number of benzene rings is 1. The van der Waals surface area contributed by atoms with E-state index in [1.54, 1.807) is 0 Å². The summed E-state index contributed by atoms with van der Waals surface area (Å²) in [7, 11) is 0. The smallest absolute Gasteiger partial charge is 0.0236 e. The van der Waals surface area contributed by atoms with E-state index >= 15 is 0 Å². The normalized spacial score (nSPS) is 26.4. The van der Waals surface area contributed by atoms with Crippen LogP contribution in [0.5, 0.6) is 0 Å². The van der Waals surface area contributed by atoms with Gasteiger partial charge in [0.25, 0.3) is 0 Å². The van der Waals surface area contributed by atoms with Crippen molar-refractivity contribution in [1.29, 1.82) is 0 Å². The number of likely N-dealkylation sites (tertiary alicyclic amines) is 1. The van der Waals surface area contributed by atoms with Gasteiger partial charge in [-0.2, -0.15) is 0 Å². The molecule has 1 heteroatoms. The third kappa shape index (κ3) is 3.10. The average Bonchev–Trinajstić information content (AvgIpc) is 2.30. The first-order valence-corrected chi connectivity index (χ1v) is 6.96. The van der Waals surface area contributed by atoms with Gasteiger partial charge in [0, 0.05) is 12.6 Å². The van der Waals surface area contributed by atoms with Crippen molar-refractivity contribution in [2.24, 2.45) is 11.8 Å². The Morgan fingerprint density at radius 1 is 1.24 bits per heavy atom. The predicted molar refractivity (Wildman–Crippen MR) is 73.9 cm³/mol. The van der Waals surface area contributed by atoms with Crippen molar-refractivity contribution in [3.8, 4) is 0 Å². The quantitative estimate of drug-likeness (QED) is 0.761. The van der Waals surface area contributed by atoms with Crippen molar-refractivity contribution in [3.63, 3.8) is 0 Å². The Morgan fingerprint density at radius 2 is 1.94 bits per heavy atom. The van der Waals surface area contributed by atoms with Gasteiger partial charge in [0.1, 0.15) is 0 Å². The second-order valence-electron chi connectivity index (χ2n) is 5.81. The Labute approximate surface area is 106 Å². The van der Waals surface area contributed by atoms with E-state index in [1.165, 1.54) is 24.9 Å². The largest absolute Gasteiger partial charge is 0.296 e. The first-order valence-electron chi connectivity index (χ1n) is 6.96. The van der Waals surface area contributed by atoms with Crippen molar-refractivity contribution >= 4 is 0 Å². The minimum Gasteiger partial charge on any atom is -0.296 e. The molecule has 2 rings (SSSR count). The van der Waals surface area contributed by atoms with Gasteiger partial charge in [-0.1, -0.05) is 51.1 Å². The van der Waals surface area contributed by atoms with Crippen LogP contribution in [0.3, 0.4) is 0 Å². The van der Waals surface area contributed by atoms with Gasteiger partial charge >= 0.3 is 0 Å². The fourth-order valence-corrected chi connectivity index (χ4v) is 3.38. The molecule has 0 amide bonds. The fraction of sp³-hybridized carbons (Fsp3) is 0.625. The molecule has 0 N–H and O–H groups in total. The summed E-state index contributed by atoms with van der Waals surface area (Å²) in [5, 5.41) is 0. The van der Waals surface area contributed by atoms with E-state index < -0.39 is 0 Å². The third-order valence-electron chi connectivity index (χ3n) is 4.02. The Hall–Kier alpha value is -0.820. The summed E-state index contributed by atoms with van der Waals surface area (Å²) < 4.78 is 0. The molecule has 1 aliphatic rings. The molecule has 94 valence electrons. The summed E-state index contributed by atoms with van der Waals surface area (Å²) in [5.41, 5.74) is 1.45. The summed E-state index contributed by atoms with van der Waals surface area (Å²) in [4.78, 5) is 2.69. The van der Waals surface area contributed by atoms with Gasteiger partial charge < -0.3 is 0 Å². The Kier molecular flexibility index (Phi) is 4.22. The van der Waals surface area contributed by atoms with Gasteiger partial charge in [0.2, 0.25) is 0 Å². The van der Waals surface area contributed by atoms with Gasteiger partial charge in [-0.25, -0.2) is 0 Å². The maximum Gasteiger partial charge on any atom is 0.0236 e. The van der Waals surface area contributed by atoms with E-state index in [1.807, 2.05) is 0 Å². The summed E-state index contributed by atoms with van der Waals surface area (Å²) in [5.74, 6) is 1.60. The van der Waals surface area contributed by atoms with Crippen LogP contribution in [0.1, 0.15) is 39.2 Å². The molecule has 1 aromatic rings. The van der Waals surface area contributed by atoms with Crippen molar-refractivity contribution in [3.05, 3.63) is 35.9 Å². The molecular formula is C16H25N. The molecule has 0 spiro atoms. The number of hydrogen-bond acceptors (Lipinski definition) is 1. The monoisotopic (exact) mass is 231 g/mol. The van der Waals surface area contributed by atoms with E-state index in [0.29, 0.717) is 0 Å². The van der Waals surface area contributed by atoms with E-state index in [2.05, 4.69) is 56.0 Å². The SMILES string of the molecule is CC(C)[C@@H]1[C@H](C)CCCN1Cc1ccccc1. The van der Waals surface area contributed by atoms with Crippen molar-refractivity contribution < 1.29 is 0 Å². The lowest BCUT2D eigenvalue weighted by Gasteiger charge is -2.42. The van der Waals surface area contributed by atoms with E-state index in [-0.39, 0.29) is 0 Å². The van der Waals surface area contributed by atoms with Crippen molar-refractivity contribution in [1.82, 2.24) is 4.90 Å². The van der Waals surface area contributed by atoms with E-state index in [0.717, 1.165) is 24.4 Å². The molecular weight excluding hydrogens is 206 g/mol. The molecule has 1 heterocycles. The lowest BCUT2D eigenvalue weighted by atomic mass is 9.83. The molecule has 1 fully saturated rings. The number of hydrogen-bond donors (Lipinski definition) is 0. The van der Waals surface area contributed by atoms with Crippen molar-refractivity contribution in [2.75, 3.05) is 6.54 Å². The summed E-state index contributed by atoms with van der Waals surface area (Å²) in [6.45, 7) is 9.53. The molecule has 0 aromatic heterocycles. The third-order valence-corrected chi connectivity index (χ3v) is 4.02. The number of piperidine rings is 1. The highest BCUT2D eigenvalue weighted by molar-refractivity contribution is 5.14. The summed E-state index contributed by atoms with van der Waals surface area (Å²) in [6, 6.07) is 11.6. The van der Waals surface area contributed by atoms with Gasteiger partial charge in [-0.15, -0.1) is 0 Å². The Balaban J connectivity index is 2.07. The topological polar surface area (TPSA) is 3.24 Å². The van der Waals surface area contributed by atoms with Crippen LogP contribution in [0.15, 0.2) is 30.3 Å². The van der Waals surface area contributed by atoms with Gasteiger partial charge in [0.15, 0.2) is 0 Å². The maximum absolute atomic E-state index is 2.69. The van der Waals surface area contributed by atoms with Crippen LogP contribution in [0.2, 0.25) is 0 Å². The predicted octanol–water partition coefficient (Wildman–Crippen LogP) is 3.94. The number of nitrogens with zero attached hydrogens (tertiary/aromatic N) is 1.